The zero-order valence-corrected chi connectivity index (χ0v) is 9.14. The molecule has 0 spiro atoms. The van der Waals surface area contributed by atoms with Gasteiger partial charge < -0.3 is 10.3 Å². The fraction of sp³-hybridized carbons (Fsp3) is 0.300. The Hall–Kier alpha value is -1.29. The molecule has 2 aromatic heterocycles. The lowest BCUT2D eigenvalue weighted by Crippen LogP contribution is -2.05. The van der Waals surface area contributed by atoms with Crippen LogP contribution < -0.4 is 5.73 Å². The van der Waals surface area contributed by atoms with E-state index in [2.05, 4.69) is 23.4 Å². The molecule has 0 amide bonds. The van der Waals surface area contributed by atoms with Crippen LogP contribution in [0.3, 0.4) is 0 Å². The van der Waals surface area contributed by atoms with Crippen molar-refractivity contribution in [3.8, 4) is 0 Å². The minimum Gasteiger partial charge on any atom is -0.369 e. The van der Waals surface area contributed by atoms with Crippen molar-refractivity contribution in [2.45, 2.75) is 20.4 Å². The zero-order valence-electron chi connectivity index (χ0n) is 8.32. The molecule has 0 atom stereocenters. The summed E-state index contributed by atoms with van der Waals surface area (Å²) in [6, 6.07) is 2.18. The number of aryl methyl sites for hydroxylation is 2. The molecule has 0 radical (unpaired) electrons. The maximum Gasteiger partial charge on any atom is 0.200 e. The van der Waals surface area contributed by atoms with Crippen LogP contribution >= 0.6 is 11.3 Å². The predicted octanol–water partition coefficient (Wildman–Crippen LogP) is 2.19. The van der Waals surface area contributed by atoms with E-state index >= 15 is 0 Å². The van der Waals surface area contributed by atoms with Gasteiger partial charge in [-0.15, -0.1) is 11.3 Å². The number of nitrogens with zero attached hydrogens (tertiary/aromatic N) is 2. The van der Waals surface area contributed by atoms with Crippen LogP contribution in [-0.4, -0.2) is 9.55 Å². The van der Waals surface area contributed by atoms with E-state index in [1.807, 2.05) is 11.5 Å². The lowest BCUT2D eigenvalue weighted by molar-refractivity contribution is 0.785. The third-order valence-corrected chi connectivity index (χ3v) is 3.12. The summed E-state index contributed by atoms with van der Waals surface area (Å²) in [5.74, 6) is 0.589. The highest BCUT2D eigenvalue weighted by Crippen LogP contribution is 2.16. The number of imidazole rings is 1. The molecule has 2 rings (SSSR count). The summed E-state index contributed by atoms with van der Waals surface area (Å²) in [5.41, 5.74) is 8.15. The first-order chi connectivity index (χ1) is 6.66. The number of hydrogen-bond acceptors (Lipinski definition) is 3. The minimum absolute atomic E-state index is 0.589. The average molecular weight is 207 g/mol. The van der Waals surface area contributed by atoms with Gasteiger partial charge in [-0.25, -0.2) is 4.98 Å². The van der Waals surface area contributed by atoms with Crippen molar-refractivity contribution in [2.24, 2.45) is 0 Å². The molecule has 0 unspecified atom stereocenters. The highest BCUT2D eigenvalue weighted by Gasteiger charge is 2.04. The Kier molecular flexibility index (Phi) is 2.29. The van der Waals surface area contributed by atoms with Gasteiger partial charge in [0.15, 0.2) is 0 Å². The minimum atomic E-state index is 0.589. The molecule has 0 saturated heterocycles. The Balaban J connectivity index is 2.26. The van der Waals surface area contributed by atoms with Gasteiger partial charge in [0.05, 0.1) is 12.7 Å². The van der Waals surface area contributed by atoms with Gasteiger partial charge in [0.1, 0.15) is 0 Å². The molecule has 0 aromatic carbocycles. The predicted molar refractivity (Wildman–Crippen MR) is 59.5 cm³/mol. The summed E-state index contributed by atoms with van der Waals surface area (Å²) in [6.45, 7) is 4.95. The van der Waals surface area contributed by atoms with E-state index in [1.54, 1.807) is 17.5 Å². The molecule has 0 saturated carbocycles. The highest BCUT2D eigenvalue weighted by atomic mass is 32.1. The van der Waals surface area contributed by atoms with Crippen LogP contribution in [0.5, 0.6) is 0 Å². The van der Waals surface area contributed by atoms with Gasteiger partial charge in [0, 0.05) is 10.6 Å². The molecule has 0 bridgehead atoms. The van der Waals surface area contributed by atoms with Gasteiger partial charge in [0.2, 0.25) is 5.95 Å². The number of anilines is 1. The SMILES string of the molecule is Cc1cc(Cn2c(C)cnc2N)cs1. The average Bonchev–Trinajstić information content (AvgIpc) is 2.67. The molecule has 0 aliphatic rings. The number of thiophene rings is 1. The van der Waals surface area contributed by atoms with Gasteiger partial charge >= 0.3 is 0 Å². The second-order valence-electron chi connectivity index (χ2n) is 3.41. The quantitative estimate of drug-likeness (QED) is 0.820. The van der Waals surface area contributed by atoms with E-state index < -0.39 is 0 Å². The molecule has 14 heavy (non-hydrogen) atoms. The smallest absolute Gasteiger partial charge is 0.200 e. The van der Waals surface area contributed by atoms with Crippen LogP contribution in [0.25, 0.3) is 0 Å². The second-order valence-corrected chi connectivity index (χ2v) is 4.52. The molecule has 3 nitrogen and oxygen atoms in total. The van der Waals surface area contributed by atoms with Crippen molar-refractivity contribution in [2.75, 3.05) is 5.73 Å². The summed E-state index contributed by atoms with van der Waals surface area (Å²) < 4.78 is 2.02. The molecule has 0 fully saturated rings. The zero-order chi connectivity index (χ0) is 10.1. The Morgan fingerprint density at radius 2 is 2.29 bits per heavy atom. The van der Waals surface area contributed by atoms with Crippen molar-refractivity contribution in [1.29, 1.82) is 0 Å². The topological polar surface area (TPSA) is 43.8 Å². The molecule has 4 heteroatoms. The van der Waals surface area contributed by atoms with Crippen LogP contribution in [0.1, 0.15) is 16.1 Å². The van der Waals surface area contributed by atoms with Gasteiger partial charge in [-0.1, -0.05) is 0 Å². The summed E-state index contributed by atoms with van der Waals surface area (Å²) in [7, 11) is 0. The molecular formula is C10H13N3S. The Morgan fingerprint density at radius 1 is 1.50 bits per heavy atom. The summed E-state index contributed by atoms with van der Waals surface area (Å²) in [4.78, 5) is 5.39. The molecule has 0 aliphatic carbocycles. The number of nitrogen functional groups attached to an aromatic ring is 1. The van der Waals surface area contributed by atoms with Crippen molar-refractivity contribution in [3.05, 3.63) is 33.8 Å². The van der Waals surface area contributed by atoms with Crippen LogP contribution in [0.4, 0.5) is 5.95 Å². The fourth-order valence-corrected chi connectivity index (χ4v) is 2.15. The monoisotopic (exact) mass is 207 g/mol. The molecular weight excluding hydrogens is 194 g/mol. The second kappa shape index (κ2) is 3.46. The van der Waals surface area contributed by atoms with E-state index in [9.17, 15) is 0 Å². The number of aromatic nitrogens is 2. The van der Waals surface area contributed by atoms with E-state index in [0.29, 0.717) is 5.95 Å². The maximum absolute atomic E-state index is 5.75. The van der Waals surface area contributed by atoms with Crippen molar-refractivity contribution in [3.63, 3.8) is 0 Å². The molecule has 2 N–H and O–H groups in total. The first-order valence-electron chi connectivity index (χ1n) is 4.48. The van der Waals surface area contributed by atoms with Crippen molar-refractivity contribution >= 4 is 17.3 Å². The van der Waals surface area contributed by atoms with Gasteiger partial charge in [0.25, 0.3) is 0 Å². The summed E-state index contributed by atoms with van der Waals surface area (Å²) >= 11 is 1.76. The van der Waals surface area contributed by atoms with E-state index in [-0.39, 0.29) is 0 Å². The van der Waals surface area contributed by atoms with Crippen molar-refractivity contribution in [1.82, 2.24) is 9.55 Å². The maximum atomic E-state index is 5.75. The highest BCUT2D eigenvalue weighted by molar-refractivity contribution is 7.10. The lowest BCUT2D eigenvalue weighted by atomic mass is 10.3. The van der Waals surface area contributed by atoms with E-state index in [1.165, 1.54) is 10.4 Å². The van der Waals surface area contributed by atoms with Gasteiger partial charge in [-0.2, -0.15) is 0 Å². The van der Waals surface area contributed by atoms with E-state index in [0.717, 1.165) is 12.2 Å². The van der Waals surface area contributed by atoms with Crippen LogP contribution in [0.15, 0.2) is 17.6 Å². The Morgan fingerprint density at radius 3 is 2.79 bits per heavy atom. The third-order valence-electron chi connectivity index (χ3n) is 2.21. The fourth-order valence-electron chi connectivity index (χ4n) is 1.45. The van der Waals surface area contributed by atoms with Gasteiger partial charge in [-0.3, -0.25) is 0 Å². The lowest BCUT2D eigenvalue weighted by Gasteiger charge is -2.04. The van der Waals surface area contributed by atoms with Crippen LogP contribution in [0, 0.1) is 13.8 Å². The van der Waals surface area contributed by atoms with Crippen LogP contribution in [0.2, 0.25) is 0 Å². The summed E-state index contributed by atoms with van der Waals surface area (Å²) in [6.07, 6.45) is 1.80. The standard InChI is InChI=1S/C10H13N3S/c1-7-4-12-10(11)13(7)5-9-3-8(2)14-6-9/h3-4,6H,5H2,1-2H3,(H2,11,12). The van der Waals surface area contributed by atoms with E-state index in [4.69, 9.17) is 5.73 Å². The molecule has 2 heterocycles. The number of nitrogens with two attached hydrogens (primary N) is 1. The summed E-state index contributed by atoms with van der Waals surface area (Å²) in [5, 5.41) is 2.16. The molecule has 2 aromatic rings. The first-order valence-corrected chi connectivity index (χ1v) is 5.36. The number of rotatable bonds is 2. The normalized spacial score (nSPS) is 10.7. The van der Waals surface area contributed by atoms with Crippen molar-refractivity contribution < 1.29 is 0 Å². The number of hydrogen-bond donors (Lipinski definition) is 1. The van der Waals surface area contributed by atoms with Crippen LogP contribution in [-0.2, 0) is 6.54 Å². The Bertz CT molecular complexity index is 422. The molecule has 0 aliphatic heterocycles. The first kappa shape index (κ1) is 9.27. The largest absolute Gasteiger partial charge is 0.369 e. The third kappa shape index (κ3) is 1.65. The molecule has 74 valence electrons. The Labute approximate surface area is 87.2 Å². The van der Waals surface area contributed by atoms with Gasteiger partial charge in [-0.05, 0) is 30.9 Å².